The van der Waals surface area contributed by atoms with Crippen LogP contribution < -0.4 is 0 Å². The van der Waals surface area contributed by atoms with Gasteiger partial charge in [-0.05, 0) is 75.0 Å². The van der Waals surface area contributed by atoms with Gasteiger partial charge in [0.2, 0.25) is 5.91 Å². The monoisotopic (exact) mass is 485 g/mol. The molecule has 5 nitrogen and oxygen atoms in total. The van der Waals surface area contributed by atoms with Crippen molar-refractivity contribution < 1.29 is 19.4 Å². The van der Waals surface area contributed by atoms with E-state index >= 15 is 0 Å². The summed E-state index contributed by atoms with van der Waals surface area (Å²) in [6, 6.07) is 14.6. The van der Waals surface area contributed by atoms with Crippen molar-refractivity contribution in [1.82, 2.24) is 4.90 Å². The Kier molecular flexibility index (Phi) is 10.6. The van der Waals surface area contributed by atoms with E-state index in [0.717, 1.165) is 69.2 Å². The van der Waals surface area contributed by atoms with E-state index in [-0.39, 0.29) is 29.9 Å². The van der Waals surface area contributed by atoms with Gasteiger partial charge in [-0.25, -0.2) is 4.79 Å². The van der Waals surface area contributed by atoms with Gasteiger partial charge in [-0.3, -0.25) is 4.79 Å². The van der Waals surface area contributed by atoms with Crippen LogP contribution >= 0.6 is 11.3 Å². The van der Waals surface area contributed by atoms with Crippen LogP contribution in [0.4, 0.5) is 0 Å². The Labute approximate surface area is 208 Å². The lowest BCUT2D eigenvalue weighted by Gasteiger charge is -2.27. The SMILES string of the molecule is COC(=O)c1ccc(CCCN2C(=O)CC[C@@H]2CC[C@@H](O)[C@@H](C)CCCCc2ccccc2)s1. The third-order valence-corrected chi connectivity index (χ3v) is 8.12. The standard InChI is InChI=1S/C28H39NO4S/c1-21(9-6-7-12-22-10-4-3-5-11-22)25(30)17-14-23-15-19-27(31)29(23)20-8-13-24-16-18-26(34-24)28(32)33-2/h3-5,10-11,16,18,21,23,25,30H,6-9,12-15,17,19-20H2,1-2H3/t21-,23-,25+/m0/s1. The molecule has 0 spiro atoms. The van der Waals surface area contributed by atoms with Crippen molar-refractivity contribution in [2.24, 2.45) is 5.92 Å². The average molecular weight is 486 g/mol. The highest BCUT2D eigenvalue weighted by molar-refractivity contribution is 7.13. The first-order valence-corrected chi connectivity index (χ1v) is 13.5. The van der Waals surface area contributed by atoms with Crippen molar-refractivity contribution in [3.63, 3.8) is 0 Å². The topological polar surface area (TPSA) is 66.8 Å². The minimum atomic E-state index is -0.308. The summed E-state index contributed by atoms with van der Waals surface area (Å²) in [7, 11) is 1.39. The van der Waals surface area contributed by atoms with Gasteiger partial charge in [0.05, 0.1) is 13.2 Å². The quantitative estimate of drug-likeness (QED) is 0.277. The molecule has 0 aliphatic carbocycles. The molecule has 3 rings (SSSR count). The number of hydrogen-bond acceptors (Lipinski definition) is 5. The molecular formula is C28H39NO4S. The molecule has 0 radical (unpaired) electrons. The lowest BCUT2D eigenvalue weighted by molar-refractivity contribution is -0.129. The number of hydrogen-bond donors (Lipinski definition) is 1. The zero-order chi connectivity index (χ0) is 24.3. The first-order valence-electron chi connectivity index (χ1n) is 12.7. The number of esters is 1. The van der Waals surface area contributed by atoms with Crippen LogP contribution in [0.25, 0.3) is 0 Å². The molecule has 1 N–H and O–H groups in total. The largest absolute Gasteiger partial charge is 0.465 e. The number of aryl methyl sites for hydroxylation is 2. The smallest absolute Gasteiger partial charge is 0.348 e. The van der Waals surface area contributed by atoms with E-state index in [1.54, 1.807) is 6.07 Å². The summed E-state index contributed by atoms with van der Waals surface area (Å²) in [5, 5.41) is 10.7. The second kappa shape index (κ2) is 13.6. The maximum absolute atomic E-state index is 12.4. The van der Waals surface area contributed by atoms with Crippen molar-refractivity contribution in [2.75, 3.05) is 13.7 Å². The predicted octanol–water partition coefficient (Wildman–Crippen LogP) is 5.65. The van der Waals surface area contributed by atoms with Gasteiger partial charge in [-0.15, -0.1) is 11.3 Å². The minimum Gasteiger partial charge on any atom is -0.465 e. The molecule has 0 bridgehead atoms. The van der Waals surface area contributed by atoms with Crippen molar-refractivity contribution in [3.8, 4) is 0 Å². The number of thiophene rings is 1. The van der Waals surface area contributed by atoms with Crippen molar-refractivity contribution in [1.29, 1.82) is 0 Å². The molecule has 34 heavy (non-hydrogen) atoms. The molecule has 1 saturated heterocycles. The predicted molar refractivity (Wildman–Crippen MR) is 137 cm³/mol. The highest BCUT2D eigenvalue weighted by atomic mass is 32.1. The number of benzene rings is 1. The van der Waals surface area contributed by atoms with E-state index in [2.05, 4.69) is 31.2 Å². The average Bonchev–Trinajstić information content (AvgIpc) is 3.47. The van der Waals surface area contributed by atoms with E-state index in [4.69, 9.17) is 4.74 Å². The number of carbonyl (C=O) groups excluding carboxylic acids is 2. The van der Waals surface area contributed by atoms with E-state index in [9.17, 15) is 14.7 Å². The second-order valence-corrected chi connectivity index (χ2v) is 10.7. The first-order chi connectivity index (χ1) is 16.5. The molecule has 3 atom stereocenters. The molecule has 6 heteroatoms. The summed E-state index contributed by atoms with van der Waals surface area (Å²) in [5.41, 5.74) is 1.38. The molecular weight excluding hydrogens is 446 g/mol. The van der Waals surface area contributed by atoms with Crippen molar-refractivity contribution >= 4 is 23.2 Å². The van der Waals surface area contributed by atoms with E-state index in [1.165, 1.54) is 24.0 Å². The number of unbranched alkanes of at least 4 members (excludes halogenated alkanes) is 1. The number of amides is 1. The Bertz CT molecular complexity index is 897. The number of rotatable bonds is 14. The number of nitrogens with zero attached hydrogens (tertiary/aromatic N) is 1. The fourth-order valence-corrected chi connectivity index (χ4v) is 5.79. The van der Waals surface area contributed by atoms with Gasteiger partial charge in [0.25, 0.3) is 0 Å². The molecule has 0 saturated carbocycles. The number of likely N-dealkylation sites (tertiary alicyclic amines) is 1. The summed E-state index contributed by atoms with van der Waals surface area (Å²) < 4.78 is 4.77. The fraction of sp³-hybridized carbons (Fsp3) is 0.571. The van der Waals surface area contributed by atoms with Crippen LogP contribution in [0.15, 0.2) is 42.5 Å². The summed E-state index contributed by atoms with van der Waals surface area (Å²) in [5.74, 6) is 0.217. The zero-order valence-corrected chi connectivity index (χ0v) is 21.4. The molecule has 1 fully saturated rings. The number of aliphatic hydroxyl groups excluding tert-OH is 1. The highest BCUT2D eigenvalue weighted by Crippen LogP contribution is 2.27. The van der Waals surface area contributed by atoms with Crippen molar-refractivity contribution in [3.05, 3.63) is 57.8 Å². The van der Waals surface area contributed by atoms with Crippen LogP contribution in [0.5, 0.6) is 0 Å². The summed E-state index contributed by atoms with van der Waals surface area (Å²) in [6.45, 7) is 2.88. The minimum absolute atomic E-state index is 0.231. The normalized spacial score (nSPS) is 17.7. The summed E-state index contributed by atoms with van der Waals surface area (Å²) in [4.78, 5) is 27.8. The number of ether oxygens (including phenoxy) is 1. The van der Waals surface area contributed by atoms with Crippen LogP contribution in [0, 0.1) is 5.92 Å². The highest BCUT2D eigenvalue weighted by Gasteiger charge is 2.31. The Morgan fingerprint density at radius 2 is 1.91 bits per heavy atom. The van der Waals surface area contributed by atoms with Gasteiger partial charge < -0.3 is 14.7 Å². The third-order valence-electron chi connectivity index (χ3n) is 6.99. The Morgan fingerprint density at radius 3 is 2.68 bits per heavy atom. The number of aliphatic hydroxyl groups is 1. The summed E-state index contributed by atoms with van der Waals surface area (Å²) >= 11 is 1.46. The number of carbonyl (C=O) groups is 2. The Morgan fingerprint density at radius 1 is 1.12 bits per heavy atom. The van der Waals surface area contributed by atoms with Gasteiger partial charge in [-0.2, -0.15) is 0 Å². The number of methoxy groups -OCH3 is 1. The van der Waals surface area contributed by atoms with Crippen LogP contribution in [0.1, 0.15) is 78.4 Å². The van der Waals surface area contributed by atoms with E-state index < -0.39 is 0 Å². The Balaban J connectivity index is 1.35. The van der Waals surface area contributed by atoms with Gasteiger partial charge in [0.15, 0.2) is 0 Å². The van der Waals surface area contributed by atoms with Crippen LogP contribution in [0.2, 0.25) is 0 Å². The van der Waals surface area contributed by atoms with Gasteiger partial charge in [0.1, 0.15) is 4.88 Å². The van der Waals surface area contributed by atoms with Crippen LogP contribution in [-0.4, -0.2) is 47.7 Å². The van der Waals surface area contributed by atoms with Crippen molar-refractivity contribution in [2.45, 2.75) is 83.3 Å². The molecule has 1 aromatic heterocycles. The fourth-order valence-electron chi connectivity index (χ4n) is 4.83. The molecule has 1 amide bonds. The van der Waals surface area contributed by atoms with E-state index in [1.807, 2.05) is 17.0 Å². The molecule has 2 aromatic rings. The molecule has 1 aliphatic rings. The molecule has 0 unspecified atom stereocenters. The lowest BCUT2D eigenvalue weighted by Crippen LogP contribution is -2.35. The summed E-state index contributed by atoms with van der Waals surface area (Å²) in [6.07, 6.45) is 8.95. The van der Waals surface area contributed by atoms with Crippen LogP contribution in [-0.2, 0) is 22.4 Å². The second-order valence-electron chi connectivity index (χ2n) is 9.49. The van der Waals surface area contributed by atoms with Gasteiger partial charge in [-0.1, -0.05) is 43.7 Å². The molecule has 1 aromatic carbocycles. The molecule has 2 heterocycles. The lowest BCUT2D eigenvalue weighted by atomic mass is 9.92. The molecule has 186 valence electrons. The molecule has 1 aliphatic heterocycles. The first kappa shape index (κ1) is 26.4. The third kappa shape index (κ3) is 7.95. The maximum atomic E-state index is 12.4. The van der Waals surface area contributed by atoms with E-state index in [0.29, 0.717) is 11.3 Å². The van der Waals surface area contributed by atoms with Gasteiger partial charge >= 0.3 is 5.97 Å². The zero-order valence-electron chi connectivity index (χ0n) is 20.6. The van der Waals surface area contributed by atoms with Crippen LogP contribution in [0.3, 0.4) is 0 Å². The maximum Gasteiger partial charge on any atom is 0.348 e. The Hall–Kier alpha value is -2.18. The van der Waals surface area contributed by atoms with Gasteiger partial charge in [0, 0.05) is 23.9 Å².